The maximum atomic E-state index is 11.4. The van der Waals surface area contributed by atoms with Gasteiger partial charge in [0.15, 0.2) is 0 Å². The zero-order chi connectivity index (χ0) is 13.4. The molecule has 0 aromatic rings. The lowest BCUT2D eigenvalue weighted by molar-refractivity contribution is -0.139. The maximum Gasteiger partial charge on any atom is 0.305 e. The van der Waals surface area contributed by atoms with Gasteiger partial charge in [-0.15, -0.1) is 6.58 Å². The summed E-state index contributed by atoms with van der Waals surface area (Å²) in [5.41, 5.74) is 5.33. The highest BCUT2D eigenvalue weighted by Crippen LogP contribution is 1.91. The zero-order valence-corrected chi connectivity index (χ0v) is 9.60. The molecule has 5 N–H and O–H groups in total. The quantitative estimate of drug-likeness (QED) is 0.409. The number of nitrogens with two attached hydrogens (primary N) is 1. The topological polar surface area (TPSA) is 122 Å². The van der Waals surface area contributed by atoms with Crippen molar-refractivity contribution in [2.75, 3.05) is 6.54 Å². The third-order valence-electron chi connectivity index (χ3n) is 1.90. The summed E-state index contributed by atoms with van der Waals surface area (Å²) < 4.78 is 0. The van der Waals surface area contributed by atoms with E-state index in [1.54, 1.807) is 0 Å². The van der Waals surface area contributed by atoms with Gasteiger partial charge in [0, 0.05) is 6.54 Å². The first-order chi connectivity index (χ1) is 7.88. The number of hydrogen-bond acceptors (Lipinski definition) is 4. The van der Waals surface area contributed by atoms with Crippen LogP contribution in [-0.2, 0) is 14.4 Å². The molecule has 0 aliphatic carbocycles. The highest BCUT2D eigenvalue weighted by Gasteiger charge is 2.21. The molecule has 0 saturated heterocycles. The molecule has 0 rings (SSSR count). The summed E-state index contributed by atoms with van der Waals surface area (Å²) in [7, 11) is 0. The van der Waals surface area contributed by atoms with E-state index in [9.17, 15) is 14.4 Å². The molecule has 0 radical (unpaired) electrons. The summed E-state index contributed by atoms with van der Waals surface area (Å²) in [6.07, 6.45) is 1.02. The number of amides is 2. The van der Waals surface area contributed by atoms with Gasteiger partial charge in [-0.05, 0) is 6.92 Å². The largest absolute Gasteiger partial charge is 0.481 e. The standard InChI is InChI=1S/C10H17N3O4/c1-3-4-12-9(16)6(2)13-10(17)7(11)5-8(14)15/h3,6-7H,1,4-5,11H2,2H3,(H,12,16)(H,13,17)(H,14,15)/t6-,7+/m1/s1. The summed E-state index contributed by atoms with van der Waals surface area (Å²) in [6, 6.07) is -1.94. The second-order valence-corrected chi connectivity index (χ2v) is 3.47. The first-order valence-corrected chi connectivity index (χ1v) is 5.04. The molecule has 0 aliphatic heterocycles. The van der Waals surface area contributed by atoms with E-state index in [1.165, 1.54) is 13.0 Å². The van der Waals surface area contributed by atoms with Crippen LogP contribution in [0.4, 0.5) is 0 Å². The van der Waals surface area contributed by atoms with Crippen LogP contribution in [0.1, 0.15) is 13.3 Å². The monoisotopic (exact) mass is 243 g/mol. The summed E-state index contributed by atoms with van der Waals surface area (Å²) in [6.45, 7) is 5.19. The number of aliphatic carboxylic acids is 1. The molecule has 2 atom stereocenters. The van der Waals surface area contributed by atoms with Crippen LogP contribution >= 0.6 is 0 Å². The van der Waals surface area contributed by atoms with Crippen molar-refractivity contribution < 1.29 is 19.5 Å². The normalized spacial score (nSPS) is 13.3. The number of carbonyl (C=O) groups is 3. The van der Waals surface area contributed by atoms with E-state index in [2.05, 4.69) is 17.2 Å². The second-order valence-electron chi connectivity index (χ2n) is 3.47. The van der Waals surface area contributed by atoms with Crippen molar-refractivity contribution >= 4 is 17.8 Å². The van der Waals surface area contributed by atoms with Gasteiger partial charge in [-0.1, -0.05) is 6.08 Å². The van der Waals surface area contributed by atoms with E-state index in [0.29, 0.717) is 6.54 Å². The van der Waals surface area contributed by atoms with Crippen molar-refractivity contribution in [3.05, 3.63) is 12.7 Å². The Kier molecular flexibility index (Phi) is 6.57. The zero-order valence-electron chi connectivity index (χ0n) is 9.60. The van der Waals surface area contributed by atoms with Crippen molar-refractivity contribution in [3.63, 3.8) is 0 Å². The van der Waals surface area contributed by atoms with E-state index in [0.717, 1.165) is 0 Å². The van der Waals surface area contributed by atoms with Gasteiger partial charge in [-0.2, -0.15) is 0 Å². The third kappa shape index (κ3) is 6.31. The molecular weight excluding hydrogens is 226 g/mol. The number of carboxylic acids is 1. The molecule has 2 amide bonds. The van der Waals surface area contributed by atoms with E-state index >= 15 is 0 Å². The van der Waals surface area contributed by atoms with Crippen LogP contribution in [0.5, 0.6) is 0 Å². The Hall–Kier alpha value is -1.89. The van der Waals surface area contributed by atoms with Gasteiger partial charge in [0.2, 0.25) is 11.8 Å². The number of carboxylic acid groups (broad SMARTS) is 1. The second kappa shape index (κ2) is 7.39. The van der Waals surface area contributed by atoms with Crippen LogP contribution in [0.2, 0.25) is 0 Å². The Labute approximate surface area is 99.1 Å². The van der Waals surface area contributed by atoms with Gasteiger partial charge in [0.25, 0.3) is 0 Å². The van der Waals surface area contributed by atoms with E-state index in [4.69, 9.17) is 10.8 Å². The Morgan fingerprint density at radius 3 is 2.47 bits per heavy atom. The van der Waals surface area contributed by atoms with Gasteiger partial charge in [-0.3, -0.25) is 14.4 Å². The van der Waals surface area contributed by atoms with Gasteiger partial charge in [0.1, 0.15) is 6.04 Å². The van der Waals surface area contributed by atoms with Gasteiger partial charge in [-0.25, -0.2) is 0 Å². The number of hydrogen-bond donors (Lipinski definition) is 4. The summed E-state index contributed by atoms with van der Waals surface area (Å²) >= 11 is 0. The smallest absolute Gasteiger partial charge is 0.305 e. The minimum atomic E-state index is -1.17. The lowest BCUT2D eigenvalue weighted by Crippen LogP contribution is -2.50. The van der Waals surface area contributed by atoms with Crippen LogP contribution in [0, 0.1) is 0 Å². The summed E-state index contributed by atoms with van der Waals surface area (Å²) in [4.78, 5) is 33.0. The number of carbonyl (C=O) groups excluding carboxylic acids is 2. The fourth-order valence-electron chi connectivity index (χ4n) is 0.993. The molecule has 96 valence electrons. The van der Waals surface area contributed by atoms with Gasteiger partial charge < -0.3 is 21.5 Å². The molecule has 0 aromatic carbocycles. The SMILES string of the molecule is C=CCNC(=O)[C@@H](C)NC(=O)[C@@H](N)CC(=O)O. The summed E-state index contributed by atoms with van der Waals surface area (Å²) in [5, 5.41) is 13.3. The van der Waals surface area contributed by atoms with Crippen molar-refractivity contribution in [3.8, 4) is 0 Å². The lowest BCUT2D eigenvalue weighted by atomic mass is 10.2. The molecular formula is C10H17N3O4. The number of rotatable bonds is 7. The highest BCUT2D eigenvalue weighted by molar-refractivity contribution is 5.91. The van der Waals surface area contributed by atoms with Crippen LogP contribution in [0.3, 0.4) is 0 Å². The van der Waals surface area contributed by atoms with Crippen LogP contribution in [-0.4, -0.2) is 41.5 Å². The van der Waals surface area contributed by atoms with Crippen LogP contribution in [0.25, 0.3) is 0 Å². The molecule has 7 nitrogen and oxygen atoms in total. The molecule has 0 aliphatic rings. The van der Waals surface area contributed by atoms with Gasteiger partial charge >= 0.3 is 5.97 Å². The van der Waals surface area contributed by atoms with Gasteiger partial charge in [0.05, 0.1) is 12.5 Å². The average molecular weight is 243 g/mol. The Morgan fingerprint density at radius 2 is 2.00 bits per heavy atom. The fraction of sp³-hybridized carbons (Fsp3) is 0.500. The Morgan fingerprint density at radius 1 is 1.41 bits per heavy atom. The molecule has 0 spiro atoms. The molecule has 0 unspecified atom stereocenters. The van der Waals surface area contributed by atoms with E-state index in [1.807, 2.05) is 0 Å². The predicted molar refractivity (Wildman–Crippen MR) is 61.0 cm³/mol. The molecule has 7 heteroatoms. The van der Waals surface area contributed by atoms with E-state index < -0.39 is 30.4 Å². The fourth-order valence-corrected chi connectivity index (χ4v) is 0.993. The molecule has 0 saturated carbocycles. The van der Waals surface area contributed by atoms with Crippen molar-refractivity contribution in [2.45, 2.75) is 25.4 Å². The van der Waals surface area contributed by atoms with Crippen molar-refractivity contribution in [1.82, 2.24) is 10.6 Å². The minimum Gasteiger partial charge on any atom is -0.481 e. The third-order valence-corrected chi connectivity index (χ3v) is 1.90. The maximum absolute atomic E-state index is 11.4. The average Bonchev–Trinajstić information content (AvgIpc) is 2.24. The molecule has 17 heavy (non-hydrogen) atoms. The summed E-state index contributed by atoms with van der Waals surface area (Å²) in [5.74, 6) is -2.23. The molecule has 0 fully saturated rings. The lowest BCUT2D eigenvalue weighted by Gasteiger charge is -2.15. The first-order valence-electron chi connectivity index (χ1n) is 5.04. The van der Waals surface area contributed by atoms with Crippen LogP contribution in [0.15, 0.2) is 12.7 Å². The first kappa shape index (κ1) is 15.1. The molecule has 0 aromatic heterocycles. The van der Waals surface area contributed by atoms with Crippen LogP contribution < -0.4 is 16.4 Å². The highest BCUT2D eigenvalue weighted by atomic mass is 16.4. The number of nitrogens with one attached hydrogen (secondary N) is 2. The Balaban J connectivity index is 4.14. The van der Waals surface area contributed by atoms with Crippen molar-refractivity contribution in [1.29, 1.82) is 0 Å². The van der Waals surface area contributed by atoms with E-state index in [-0.39, 0.29) is 5.91 Å². The molecule has 0 heterocycles. The predicted octanol–water partition coefficient (Wildman–Crippen LogP) is -1.40. The minimum absolute atomic E-state index is 0.292. The van der Waals surface area contributed by atoms with Crippen molar-refractivity contribution in [2.24, 2.45) is 5.73 Å². The molecule has 0 bridgehead atoms. The Bertz CT molecular complexity index is 317.